The van der Waals surface area contributed by atoms with Gasteiger partial charge in [0.15, 0.2) is 0 Å². The average Bonchev–Trinajstić information content (AvgIpc) is 2.46. The Kier molecular flexibility index (Phi) is 6.57. The lowest BCUT2D eigenvalue weighted by molar-refractivity contribution is 0.00506. The molecular weight excluding hydrogens is 240 g/mol. The fourth-order valence-electron chi connectivity index (χ4n) is 3.38. The van der Waals surface area contributed by atoms with Crippen LogP contribution in [0, 0.1) is 0 Å². The van der Waals surface area contributed by atoms with E-state index in [-0.39, 0.29) is 6.10 Å². The van der Waals surface area contributed by atoms with Gasteiger partial charge in [0.1, 0.15) is 0 Å². The van der Waals surface area contributed by atoms with Gasteiger partial charge in [-0.25, -0.2) is 0 Å². The summed E-state index contributed by atoms with van der Waals surface area (Å²) in [5.41, 5.74) is 0. The van der Waals surface area contributed by atoms with Gasteiger partial charge in [0.05, 0.1) is 12.7 Å². The topological polar surface area (TPSA) is 35.9 Å². The van der Waals surface area contributed by atoms with Crippen molar-refractivity contribution in [2.75, 3.05) is 45.9 Å². The van der Waals surface area contributed by atoms with Crippen LogP contribution in [0.5, 0.6) is 0 Å². The molecule has 0 aromatic heterocycles. The number of nitrogens with zero attached hydrogens (tertiary/aromatic N) is 2. The molecule has 0 spiro atoms. The molecule has 0 aromatic carbocycles. The third kappa shape index (κ3) is 5.03. The Balaban J connectivity index is 1.73. The van der Waals surface area contributed by atoms with E-state index in [1.165, 1.54) is 45.2 Å². The van der Waals surface area contributed by atoms with Crippen LogP contribution in [0.15, 0.2) is 0 Å². The summed E-state index contributed by atoms with van der Waals surface area (Å²) in [6.45, 7) is 8.72. The minimum atomic E-state index is -0.333. The van der Waals surface area contributed by atoms with Gasteiger partial charge in [-0.3, -0.25) is 9.80 Å². The molecule has 19 heavy (non-hydrogen) atoms. The number of aliphatic hydroxyl groups is 1. The number of β-amino-alcohol motifs (C(OH)–C–C–N with tert-alkyl or cyclic N) is 1. The van der Waals surface area contributed by atoms with Gasteiger partial charge in [-0.2, -0.15) is 0 Å². The number of hydrogen-bond acceptors (Lipinski definition) is 4. The second-order valence-electron chi connectivity index (χ2n) is 5.97. The highest BCUT2D eigenvalue weighted by Gasteiger charge is 2.27. The molecule has 0 aromatic rings. The maximum absolute atomic E-state index is 9.95. The molecule has 4 nitrogen and oxygen atoms in total. The molecule has 0 radical (unpaired) electrons. The molecule has 0 bridgehead atoms. The van der Waals surface area contributed by atoms with Gasteiger partial charge in [0.25, 0.3) is 0 Å². The highest BCUT2D eigenvalue weighted by Crippen LogP contribution is 2.20. The van der Waals surface area contributed by atoms with E-state index < -0.39 is 0 Å². The number of rotatable bonds is 6. The van der Waals surface area contributed by atoms with Crippen LogP contribution >= 0.6 is 0 Å². The molecule has 2 rings (SSSR count). The lowest BCUT2D eigenvalue weighted by atomic mass is 10.0. The summed E-state index contributed by atoms with van der Waals surface area (Å²) in [5.74, 6) is 0. The molecule has 4 heteroatoms. The minimum absolute atomic E-state index is 0.333. The number of piperidine rings is 2. The second kappa shape index (κ2) is 8.20. The Labute approximate surface area is 117 Å². The molecule has 2 aliphatic heterocycles. The molecule has 2 saturated heterocycles. The predicted octanol–water partition coefficient (Wildman–Crippen LogP) is 1.33. The van der Waals surface area contributed by atoms with Gasteiger partial charge in [-0.05, 0) is 52.2 Å². The number of hydrogen-bond donors (Lipinski definition) is 1. The first-order valence-electron chi connectivity index (χ1n) is 8.01. The number of likely N-dealkylation sites (tertiary alicyclic amines) is 2. The van der Waals surface area contributed by atoms with E-state index >= 15 is 0 Å². The molecule has 0 aliphatic carbocycles. The van der Waals surface area contributed by atoms with E-state index in [0.29, 0.717) is 19.3 Å². The van der Waals surface area contributed by atoms with Gasteiger partial charge >= 0.3 is 0 Å². The lowest BCUT2D eigenvalue weighted by Gasteiger charge is -2.41. The van der Waals surface area contributed by atoms with Crippen molar-refractivity contribution < 1.29 is 9.84 Å². The summed E-state index contributed by atoms with van der Waals surface area (Å²) < 4.78 is 5.29. The van der Waals surface area contributed by atoms with Crippen molar-refractivity contribution in [3.63, 3.8) is 0 Å². The predicted molar refractivity (Wildman–Crippen MR) is 77.4 cm³/mol. The molecule has 2 heterocycles. The molecule has 112 valence electrons. The van der Waals surface area contributed by atoms with Gasteiger partial charge in [-0.1, -0.05) is 6.42 Å². The quantitative estimate of drug-likeness (QED) is 0.790. The maximum atomic E-state index is 9.95. The average molecular weight is 270 g/mol. The van der Waals surface area contributed by atoms with Crippen molar-refractivity contribution in [2.24, 2.45) is 0 Å². The normalized spacial score (nSPS) is 28.4. The first kappa shape index (κ1) is 15.2. The molecule has 2 unspecified atom stereocenters. The van der Waals surface area contributed by atoms with Crippen molar-refractivity contribution in [3.8, 4) is 0 Å². The van der Waals surface area contributed by atoms with Crippen LogP contribution in [0.4, 0.5) is 0 Å². The fourth-order valence-corrected chi connectivity index (χ4v) is 3.38. The molecule has 0 saturated carbocycles. The Hall–Kier alpha value is -0.160. The van der Waals surface area contributed by atoms with Gasteiger partial charge in [0, 0.05) is 25.7 Å². The Morgan fingerprint density at radius 2 is 1.95 bits per heavy atom. The Morgan fingerprint density at radius 3 is 2.68 bits per heavy atom. The van der Waals surface area contributed by atoms with Crippen LogP contribution in [-0.4, -0.2) is 73.0 Å². The lowest BCUT2D eigenvalue weighted by Crippen LogP contribution is -2.51. The number of aliphatic hydroxyl groups excluding tert-OH is 1. The van der Waals surface area contributed by atoms with E-state index in [1.807, 2.05) is 6.92 Å². The van der Waals surface area contributed by atoms with Crippen LogP contribution in [0.2, 0.25) is 0 Å². The van der Waals surface area contributed by atoms with E-state index in [1.54, 1.807) is 0 Å². The highest BCUT2D eigenvalue weighted by atomic mass is 16.5. The summed E-state index contributed by atoms with van der Waals surface area (Å²) in [6.07, 6.45) is 6.40. The van der Waals surface area contributed by atoms with E-state index in [0.717, 1.165) is 19.6 Å². The van der Waals surface area contributed by atoms with Crippen LogP contribution in [0.3, 0.4) is 0 Å². The molecule has 1 N–H and O–H groups in total. The van der Waals surface area contributed by atoms with Crippen LogP contribution < -0.4 is 0 Å². The van der Waals surface area contributed by atoms with Crippen LogP contribution in [-0.2, 0) is 4.74 Å². The third-order valence-corrected chi connectivity index (χ3v) is 4.37. The van der Waals surface area contributed by atoms with E-state index in [2.05, 4.69) is 9.80 Å². The van der Waals surface area contributed by atoms with Crippen molar-refractivity contribution in [1.29, 1.82) is 0 Å². The zero-order chi connectivity index (χ0) is 13.5. The largest absolute Gasteiger partial charge is 0.389 e. The standard InChI is InChI=1S/C15H30N2O2/c1-2-19-13-15(18)12-16-8-6-7-14(11-16)17-9-4-3-5-10-17/h14-15,18H,2-13H2,1H3. The zero-order valence-electron chi connectivity index (χ0n) is 12.4. The maximum Gasteiger partial charge on any atom is 0.0900 e. The Bertz CT molecular complexity index is 244. The summed E-state index contributed by atoms with van der Waals surface area (Å²) in [7, 11) is 0. The second-order valence-corrected chi connectivity index (χ2v) is 5.97. The van der Waals surface area contributed by atoms with Crippen molar-refractivity contribution >= 4 is 0 Å². The summed E-state index contributed by atoms with van der Waals surface area (Å²) in [4.78, 5) is 5.09. The smallest absolute Gasteiger partial charge is 0.0900 e. The van der Waals surface area contributed by atoms with E-state index in [9.17, 15) is 5.11 Å². The molecule has 2 aliphatic rings. The van der Waals surface area contributed by atoms with Gasteiger partial charge < -0.3 is 9.84 Å². The highest BCUT2D eigenvalue weighted by molar-refractivity contribution is 4.83. The first-order valence-corrected chi connectivity index (χ1v) is 8.01. The molecular formula is C15H30N2O2. The summed E-state index contributed by atoms with van der Waals surface area (Å²) in [6, 6.07) is 0.716. The monoisotopic (exact) mass is 270 g/mol. The first-order chi connectivity index (χ1) is 9.29. The number of ether oxygens (including phenoxy) is 1. The van der Waals surface area contributed by atoms with Crippen LogP contribution in [0.1, 0.15) is 39.0 Å². The van der Waals surface area contributed by atoms with Crippen molar-refractivity contribution in [1.82, 2.24) is 9.80 Å². The van der Waals surface area contributed by atoms with Crippen molar-refractivity contribution in [2.45, 2.75) is 51.2 Å². The SMILES string of the molecule is CCOCC(O)CN1CCCC(N2CCCCC2)C1. The summed E-state index contributed by atoms with van der Waals surface area (Å²) >= 11 is 0. The third-order valence-electron chi connectivity index (χ3n) is 4.37. The zero-order valence-corrected chi connectivity index (χ0v) is 12.4. The molecule has 0 amide bonds. The minimum Gasteiger partial charge on any atom is -0.389 e. The van der Waals surface area contributed by atoms with E-state index in [4.69, 9.17) is 4.74 Å². The molecule has 2 atom stereocenters. The van der Waals surface area contributed by atoms with Crippen LogP contribution in [0.25, 0.3) is 0 Å². The van der Waals surface area contributed by atoms with Crippen molar-refractivity contribution in [3.05, 3.63) is 0 Å². The summed E-state index contributed by atoms with van der Waals surface area (Å²) in [5, 5.41) is 9.95. The van der Waals surface area contributed by atoms with Gasteiger partial charge in [0.2, 0.25) is 0 Å². The van der Waals surface area contributed by atoms with Gasteiger partial charge in [-0.15, -0.1) is 0 Å². The Morgan fingerprint density at radius 1 is 1.16 bits per heavy atom. The fraction of sp³-hybridized carbons (Fsp3) is 1.00. The molecule has 2 fully saturated rings.